The van der Waals surface area contributed by atoms with Crippen LogP contribution < -0.4 is 5.73 Å². The summed E-state index contributed by atoms with van der Waals surface area (Å²) in [6.45, 7) is 0. The van der Waals surface area contributed by atoms with E-state index in [1.165, 1.54) is 6.26 Å². The lowest BCUT2D eigenvalue weighted by atomic mass is 10.1. The largest absolute Gasteiger partial charge is 0.464 e. The number of hydrogen-bond donors (Lipinski definition) is 2. The Balaban J connectivity index is 2.27. The van der Waals surface area contributed by atoms with Crippen molar-refractivity contribution >= 4 is 16.8 Å². The maximum Gasteiger partial charge on any atom is 0.145 e. The van der Waals surface area contributed by atoms with Gasteiger partial charge < -0.3 is 10.2 Å². The topological polar surface area (TPSA) is 67.8 Å². The van der Waals surface area contributed by atoms with Crippen molar-refractivity contribution in [2.75, 3.05) is 5.73 Å². The molecule has 0 aliphatic rings. The summed E-state index contributed by atoms with van der Waals surface area (Å²) in [5.41, 5.74) is 6.98. The fraction of sp³-hybridized carbons (Fsp3) is 0. The first kappa shape index (κ1) is 8.96. The molecule has 2 heterocycles. The maximum atomic E-state index is 14.0. The minimum Gasteiger partial charge on any atom is -0.464 e. The van der Waals surface area contributed by atoms with Crippen molar-refractivity contribution < 1.29 is 8.81 Å². The van der Waals surface area contributed by atoms with Crippen LogP contribution in [0.1, 0.15) is 0 Å². The number of benzene rings is 1. The lowest BCUT2D eigenvalue weighted by Crippen LogP contribution is -1.85. The van der Waals surface area contributed by atoms with Crippen LogP contribution in [0, 0.1) is 5.82 Å². The highest BCUT2D eigenvalue weighted by atomic mass is 19.1. The zero-order valence-corrected chi connectivity index (χ0v) is 8.20. The number of aromatic amines is 1. The van der Waals surface area contributed by atoms with Gasteiger partial charge in [-0.15, -0.1) is 0 Å². The van der Waals surface area contributed by atoms with E-state index >= 15 is 0 Å². The molecule has 3 aromatic rings. The molecule has 0 fully saturated rings. The predicted octanol–water partition coefficient (Wildman–Crippen LogP) is 2.54. The standard InChI is InChI=1S/C11H8FN3O/c12-11-6(8-5-10(13)15-14-8)1-2-9-7(11)3-4-16-9/h1-5H,(H3,13,14,15). The highest BCUT2D eigenvalue weighted by Gasteiger charge is 2.12. The maximum absolute atomic E-state index is 14.0. The fourth-order valence-corrected chi connectivity index (χ4v) is 1.69. The van der Waals surface area contributed by atoms with Gasteiger partial charge >= 0.3 is 0 Å². The van der Waals surface area contributed by atoms with Gasteiger partial charge in [-0.3, -0.25) is 5.10 Å². The SMILES string of the molecule is Nc1cc(-c2ccc3occc3c2F)[nH]n1. The van der Waals surface area contributed by atoms with Gasteiger partial charge in [0.2, 0.25) is 0 Å². The summed E-state index contributed by atoms with van der Waals surface area (Å²) in [5, 5.41) is 6.89. The molecule has 0 aliphatic carbocycles. The average Bonchev–Trinajstić information content (AvgIpc) is 2.87. The molecule has 0 saturated heterocycles. The molecule has 2 aromatic heterocycles. The number of nitrogens with zero attached hydrogens (tertiary/aromatic N) is 1. The Morgan fingerprint density at radius 3 is 2.94 bits per heavy atom. The second kappa shape index (κ2) is 3.10. The molecule has 1 aromatic carbocycles. The van der Waals surface area contributed by atoms with Crippen LogP contribution in [0.3, 0.4) is 0 Å². The molecule has 3 N–H and O–H groups in total. The molecule has 0 bridgehead atoms. The number of aromatic nitrogens is 2. The van der Waals surface area contributed by atoms with Gasteiger partial charge in [0.15, 0.2) is 0 Å². The number of H-pyrrole nitrogens is 1. The fourth-order valence-electron chi connectivity index (χ4n) is 1.69. The van der Waals surface area contributed by atoms with Crippen LogP contribution in [0.25, 0.3) is 22.2 Å². The van der Waals surface area contributed by atoms with Crippen molar-refractivity contribution in [3.63, 3.8) is 0 Å². The highest BCUT2D eigenvalue weighted by Crippen LogP contribution is 2.28. The molecule has 16 heavy (non-hydrogen) atoms. The first-order valence-corrected chi connectivity index (χ1v) is 4.72. The Morgan fingerprint density at radius 1 is 1.31 bits per heavy atom. The summed E-state index contributed by atoms with van der Waals surface area (Å²) in [6, 6.07) is 6.52. The van der Waals surface area contributed by atoms with Gasteiger partial charge in [-0.1, -0.05) is 0 Å². The molecule has 0 radical (unpaired) electrons. The number of furan rings is 1. The molecule has 0 amide bonds. The number of nitrogens with two attached hydrogens (primary N) is 1. The van der Waals surface area contributed by atoms with Crippen LogP contribution in [-0.4, -0.2) is 10.2 Å². The van der Waals surface area contributed by atoms with Crippen LogP contribution in [-0.2, 0) is 0 Å². The second-order valence-corrected chi connectivity index (χ2v) is 3.47. The molecule has 80 valence electrons. The van der Waals surface area contributed by atoms with Crippen molar-refractivity contribution in [1.82, 2.24) is 10.2 Å². The molecule has 0 atom stereocenters. The third-order valence-corrected chi connectivity index (χ3v) is 2.46. The Labute approximate surface area is 89.9 Å². The Bertz CT molecular complexity index is 656. The quantitative estimate of drug-likeness (QED) is 0.658. The van der Waals surface area contributed by atoms with E-state index in [9.17, 15) is 4.39 Å². The zero-order chi connectivity index (χ0) is 11.1. The lowest BCUT2D eigenvalue weighted by Gasteiger charge is -2.00. The molecule has 3 rings (SSSR count). The minimum absolute atomic E-state index is 0.335. The number of rotatable bonds is 1. The van der Waals surface area contributed by atoms with Gasteiger partial charge in [0.1, 0.15) is 17.2 Å². The monoisotopic (exact) mass is 217 g/mol. The minimum atomic E-state index is -0.338. The van der Waals surface area contributed by atoms with Crippen molar-refractivity contribution in [3.05, 3.63) is 36.3 Å². The third kappa shape index (κ3) is 1.18. The van der Waals surface area contributed by atoms with E-state index in [0.717, 1.165) is 0 Å². The highest BCUT2D eigenvalue weighted by molar-refractivity contribution is 5.84. The van der Waals surface area contributed by atoms with Crippen LogP contribution >= 0.6 is 0 Å². The molecule has 0 aliphatic heterocycles. The van der Waals surface area contributed by atoms with E-state index in [2.05, 4.69) is 10.2 Å². The van der Waals surface area contributed by atoms with Crippen LogP contribution in [0.4, 0.5) is 10.2 Å². The van der Waals surface area contributed by atoms with Gasteiger partial charge in [0, 0.05) is 11.6 Å². The molecule has 0 unspecified atom stereocenters. The third-order valence-electron chi connectivity index (χ3n) is 2.46. The summed E-state index contributed by atoms with van der Waals surface area (Å²) in [6.07, 6.45) is 1.46. The van der Waals surface area contributed by atoms with Gasteiger partial charge in [-0.25, -0.2) is 4.39 Å². The van der Waals surface area contributed by atoms with Gasteiger partial charge in [-0.05, 0) is 18.2 Å². The van der Waals surface area contributed by atoms with Gasteiger partial charge in [-0.2, -0.15) is 5.10 Å². The average molecular weight is 217 g/mol. The summed E-state index contributed by atoms with van der Waals surface area (Å²) in [4.78, 5) is 0. The van der Waals surface area contributed by atoms with E-state index in [0.29, 0.717) is 28.0 Å². The summed E-state index contributed by atoms with van der Waals surface area (Å²) in [5.74, 6) is -0.00316. The predicted molar refractivity (Wildman–Crippen MR) is 58.2 cm³/mol. The van der Waals surface area contributed by atoms with E-state index < -0.39 is 0 Å². The smallest absolute Gasteiger partial charge is 0.145 e. The number of halogens is 1. The number of fused-ring (bicyclic) bond motifs is 1. The van der Waals surface area contributed by atoms with Gasteiger partial charge in [0.25, 0.3) is 0 Å². The molecular weight excluding hydrogens is 209 g/mol. The van der Waals surface area contributed by atoms with E-state index in [4.69, 9.17) is 10.2 Å². The summed E-state index contributed by atoms with van der Waals surface area (Å²) < 4.78 is 19.2. The Morgan fingerprint density at radius 2 is 2.19 bits per heavy atom. The van der Waals surface area contributed by atoms with Gasteiger partial charge in [0.05, 0.1) is 17.3 Å². The molecular formula is C11H8FN3O. The summed E-state index contributed by atoms with van der Waals surface area (Å²) in [7, 11) is 0. The van der Waals surface area contributed by atoms with Crippen molar-refractivity contribution in [3.8, 4) is 11.3 Å². The molecule has 4 nitrogen and oxygen atoms in total. The normalized spacial score (nSPS) is 11.1. The number of anilines is 1. The molecule has 0 saturated carbocycles. The Kier molecular flexibility index (Phi) is 1.73. The van der Waals surface area contributed by atoms with Crippen molar-refractivity contribution in [2.45, 2.75) is 0 Å². The molecule has 0 spiro atoms. The lowest BCUT2D eigenvalue weighted by molar-refractivity contribution is 0.611. The number of hydrogen-bond acceptors (Lipinski definition) is 3. The summed E-state index contributed by atoms with van der Waals surface area (Å²) >= 11 is 0. The first-order chi connectivity index (χ1) is 7.75. The van der Waals surface area contributed by atoms with Crippen molar-refractivity contribution in [1.29, 1.82) is 0 Å². The number of nitrogen functional groups attached to an aromatic ring is 1. The Hall–Kier alpha value is -2.30. The van der Waals surface area contributed by atoms with Crippen LogP contribution in [0.2, 0.25) is 0 Å². The first-order valence-electron chi connectivity index (χ1n) is 4.72. The number of nitrogens with one attached hydrogen (secondary N) is 1. The van der Waals surface area contributed by atoms with Crippen molar-refractivity contribution in [2.24, 2.45) is 0 Å². The molecule has 5 heteroatoms. The van der Waals surface area contributed by atoms with Crippen LogP contribution in [0.15, 0.2) is 34.9 Å². The van der Waals surface area contributed by atoms with E-state index in [-0.39, 0.29) is 5.82 Å². The van der Waals surface area contributed by atoms with E-state index in [1.54, 1.807) is 24.3 Å². The van der Waals surface area contributed by atoms with Crippen LogP contribution in [0.5, 0.6) is 0 Å². The van der Waals surface area contributed by atoms with E-state index in [1.807, 2.05) is 0 Å². The zero-order valence-electron chi connectivity index (χ0n) is 8.20. The second-order valence-electron chi connectivity index (χ2n) is 3.47.